The SMILES string of the molecule is COCCNc1nc(C)cn1-c1ccccc1I. The van der Waals surface area contributed by atoms with Crippen molar-refractivity contribution >= 4 is 28.5 Å². The number of anilines is 1. The van der Waals surface area contributed by atoms with E-state index in [-0.39, 0.29) is 0 Å². The standard InChI is InChI=1S/C13H16IN3O/c1-10-9-17(12-6-4-3-5-11(12)14)13(16-10)15-7-8-18-2/h3-6,9H,7-8H2,1-2H3,(H,15,16). The lowest BCUT2D eigenvalue weighted by Gasteiger charge is -2.10. The molecule has 2 aromatic rings. The summed E-state index contributed by atoms with van der Waals surface area (Å²) in [6.45, 7) is 3.40. The van der Waals surface area contributed by atoms with Crippen molar-refractivity contribution in [3.05, 3.63) is 39.7 Å². The third kappa shape index (κ3) is 3.02. The maximum absolute atomic E-state index is 5.04. The first-order chi connectivity index (χ1) is 8.72. The van der Waals surface area contributed by atoms with Gasteiger partial charge in [-0.2, -0.15) is 0 Å². The van der Waals surface area contributed by atoms with Gasteiger partial charge < -0.3 is 10.1 Å². The second-order valence-corrected chi connectivity index (χ2v) is 5.11. The van der Waals surface area contributed by atoms with Gasteiger partial charge in [0, 0.05) is 23.4 Å². The topological polar surface area (TPSA) is 39.1 Å². The zero-order valence-corrected chi connectivity index (χ0v) is 12.6. The largest absolute Gasteiger partial charge is 0.383 e. The summed E-state index contributed by atoms with van der Waals surface area (Å²) >= 11 is 2.33. The van der Waals surface area contributed by atoms with E-state index in [2.05, 4.69) is 49.6 Å². The van der Waals surface area contributed by atoms with E-state index in [0.717, 1.165) is 23.9 Å². The Morgan fingerprint density at radius 2 is 2.17 bits per heavy atom. The summed E-state index contributed by atoms with van der Waals surface area (Å²) in [5.74, 6) is 0.855. The van der Waals surface area contributed by atoms with E-state index in [1.165, 1.54) is 3.57 Å². The molecule has 1 N–H and O–H groups in total. The van der Waals surface area contributed by atoms with E-state index in [1.807, 2.05) is 25.3 Å². The average molecular weight is 357 g/mol. The van der Waals surface area contributed by atoms with E-state index in [9.17, 15) is 0 Å². The Morgan fingerprint density at radius 1 is 1.39 bits per heavy atom. The summed E-state index contributed by atoms with van der Waals surface area (Å²) in [5, 5.41) is 3.28. The molecule has 0 amide bonds. The predicted molar refractivity (Wildman–Crippen MR) is 81.4 cm³/mol. The number of para-hydroxylation sites is 1. The van der Waals surface area contributed by atoms with Crippen LogP contribution in [0.2, 0.25) is 0 Å². The fourth-order valence-electron chi connectivity index (χ4n) is 1.72. The van der Waals surface area contributed by atoms with Gasteiger partial charge in [-0.15, -0.1) is 0 Å². The van der Waals surface area contributed by atoms with Crippen molar-refractivity contribution in [2.24, 2.45) is 0 Å². The number of rotatable bonds is 5. The lowest BCUT2D eigenvalue weighted by molar-refractivity contribution is 0.210. The summed E-state index contributed by atoms with van der Waals surface area (Å²) in [4.78, 5) is 4.49. The quantitative estimate of drug-likeness (QED) is 0.661. The van der Waals surface area contributed by atoms with Gasteiger partial charge in [-0.25, -0.2) is 4.98 Å². The van der Waals surface area contributed by atoms with E-state index in [0.29, 0.717) is 6.61 Å². The van der Waals surface area contributed by atoms with Gasteiger partial charge in [0.2, 0.25) is 5.95 Å². The van der Waals surface area contributed by atoms with Gasteiger partial charge in [0.15, 0.2) is 0 Å². The van der Waals surface area contributed by atoms with Crippen LogP contribution >= 0.6 is 22.6 Å². The number of hydrogen-bond acceptors (Lipinski definition) is 3. The number of benzene rings is 1. The Morgan fingerprint density at radius 3 is 2.89 bits per heavy atom. The lowest BCUT2D eigenvalue weighted by Crippen LogP contribution is -2.12. The van der Waals surface area contributed by atoms with Crippen LogP contribution in [0.4, 0.5) is 5.95 Å². The molecule has 0 aliphatic rings. The molecule has 18 heavy (non-hydrogen) atoms. The number of ether oxygens (including phenoxy) is 1. The summed E-state index contributed by atoms with van der Waals surface area (Å²) in [6, 6.07) is 8.24. The highest BCUT2D eigenvalue weighted by atomic mass is 127. The smallest absolute Gasteiger partial charge is 0.207 e. The summed E-state index contributed by atoms with van der Waals surface area (Å²) in [7, 11) is 1.69. The third-order valence-electron chi connectivity index (χ3n) is 2.53. The van der Waals surface area contributed by atoms with Crippen LogP contribution in [0.1, 0.15) is 5.69 Å². The van der Waals surface area contributed by atoms with Crippen molar-refractivity contribution in [2.75, 3.05) is 25.6 Å². The monoisotopic (exact) mass is 357 g/mol. The van der Waals surface area contributed by atoms with Gasteiger partial charge in [0.25, 0.3) is 0 Å². The van der Waals surface area contributed by atoms with Crippen LogP contribution in [0, 0.1) is 10.5 Å². The van der Waals surface area contributed by atoms with Crippen LogP contribution in [0.3, 0.4) is 0 Å². The molecule has 0 unspecified atom stereocenters. The first kappa shape index (κ1) is 13.4. The molecule has 0 fully saturated rings. The van der Waals surface area contributed by atoms with Crippen LogP contribution in [0.5, 0.6) is 0 Å². The predicted octanol–water partition coefficient (Wildman–Crippen LogP) is 2.84. The van der Waals surface area contributed by atoms with E-state index in [1.54, 1.807) is 7.11 Å². The number of imidazole rings is 1. The van der Waals surface area contributed by atoms with Crippen molar-refractivity contribution in [1.82, 2.24) is 9.55 Å². The number of halogens is 1. The second kappa shape index (κ2) is 6.19. The first-order valence-corrected chi connectivity index (χ1v) is 6.84. The van der Waals surface area contributed by atoms with Crippen LogP contribution in [0.25, 0.3) is 5.69 Å². The zero-order chi connectivity index (χ0) is 13.0. The van der Waals surface area contributed by atoms with Crippen molar-refractivity contribution < 1.29 is 4.74 Å². The molecule has 0 aliphatic heterocycles. The Kier molecular flexibility index (Phi) is 4.60. The maximum Gasteiger partial charge on any atom is 0.207 e. The maximum atomic E-state index is 5.04. The van der Waals surface area contributed by atoms with Crippen molar-refractivity contribution in [3.63, 3.8) is 0 Å². The van der Waals surface area contributed by atoms with Gasteiger partial charge in [-0.1, -0.05) is 12.1 Å². The molecule has 0 saturated heterocycles. The molecule has 1 heterocycles. The minimum Gasteiger partial charge on any atom is -0.383 e. The molecule has 5 heteroatoms. The molecule has 0 saturated carbocycles. The highest BCUT2D eigenvalue weighted by Gasteiger charge is 2.09. The van der Waals surface area contributed by atoms with Gasteiger partial charge in [0.1, 0.15) is 0 Å². The summed E-state index contributed by atoms with van der Waals surface area (Å²) in [6.07, 6.45) is 2.03. The molecule has 0 bridgehead atoms. The van der Waals surface area contributed by atoms with E-state index >= 15 is 0 Å². The fraction of sp³-hybridized carbons (Fsp3) is 0.308. The minimum absolute atomic E-state index is 0.664. The molecule has 0 atom stereocenters. The van der Waals surface area contributed by atoms with Crippen LogP contribution in [0.15, 0.2) is 30.5 Å². The highest BCUT2D eigenvalue weighted by Crippen LogP contribution is 2.21. The summed E-state index contributed by atoms with van der Waals surface area (Å²) in [5.41, 5.74) is 2.13. The molecule has 2 rings (SSSR count). The Bertz CT molecular complexity index is 525. The van der Waals surface area contributed by atoms with Crippen LogP contribution in [-0.2, 0) is 4.74 Å². The van der Waals surface area contributed by atoms with E-state index in [4.69, 9.17) is 4.74 Å². The zero-order valence-electron chi connectivity index (χ0n) is 10.5. The third-order valence-corrected chi connectivity index (χ3v) is 3.44. The van der Waals surface area contributed by atoms with Gasteiger partial charge in [-0.3, -0.25) is 4.57 Å². The van der Waals surface area contributed by atoms with Crippen LogP contribution < -0.4 is 5.32 Å². The molecule has 4 nitrogen and oxygen atoms in total. The number of nitrogens with one attached hydrogen (secondary N) is 1. The first-order valence-electron chi connectivity index (χ1n) is 5.76. The molecule has 1 aromatic carbocycles. The average Bonchev–Trinajstić information content (AvgIpc) is 2.71. The van der Waals surface area contributed by atoms with E-state index < -0.39 is 0 Å². The fourth-order valence-corrected chi connectivity index (χ4v) is 2.37. The number of hydrogen-bond donors (Lipinski definition) is 1. The van der Waals surface area contributed by atoms with Crippen molar-refractivity contribution in [3.8, 4) is 5.69 Å². The number of methoxy groups -OCH3 is 1. The molecule has 0 radical (unpaired) electrons. The Balaban J connectivity index is 2.30. The minimum atomic E-state index is 0.664. The molecule has 0 aliphatic carbocycles. The normalized spacial score (nSPS) is 10.6. The van der Waals surface area contributed by atoms with Crippen LogP contribution in [-0.4, -0.2) is 29.8 Å². The Labute approximate surface area is 121 Å². The number of aryl methyl sites for hydroxylation is 1. The molecular weight excluding hydrogens is 341 g/mol. The second-order valence-electron chi connectivity index (χ2n) is 3.95. The van der Waals surface area contributed by atoms with Gasteiger partial charge in [-0.05, 0) is 41.6 Å². The summed E-state index contributed by atoms with van der Waals surface area (Å²) < 4.78 is 8.31. The van der Waals surface area contributed by atoms with Crippen molar-refractivity contribution in [2.45, 2.75) is 6.92 Å². The molecule has 0 spiro atoms. The van der Waals surface area contributed by atoms with Gasteiger partial charge in [0.05, 0.1) is 18.0 Å². The highest BCUT2D eigenvalue weighted by molar-refractivity contribution is 14.1. The lowest BCUT2D eigenvalue weighted by atomic mass is 10.3. The molecular formula is C13H16IN3O. The molecule has 1 aromatic heterocycles. The number of aromatic nitrogens is 2. The number of nitrogens with zero attached hydrogens (tertiary/aromatic N) is 2. The van der Waals surface area contributed by atoms with Crippen molar-refractivity contribution in [1.29, 1.82) is 0 Å². The van der Waals surface area contributed by atoms with Gasteiger partial charge >= 0.3 is 0 Å². The molecule has 96 valence electrons. The Hall–Kier alpha value is -1.08.